The quantitative estimate of drug-likeness (QED) is 0.218. The minimum absolute atomic E-state index is 0.134. The minimum atomic E-state index is -0.134. The molecule has 1 N–H and O–H groups in total. The third kappa shape index (κ3) is 7.84. The molecule has 0 bridgehead atoms. The van der Waals surface area contributed by atoms with Crippen molar-refractivity contribution in [3.63, 3.8) is 0 Å². The van der Waals surface area contributed by atoms with Gasteiger partial charge >= 0.3 is 6.03 Å². The van der Waals surface area contributed by atoms with E-state index in [1.165, 1.54) is 0 Å². The van der Waals surface area contributed by atoms with Gasteiger partial charge in [0.05, 0.1) is 0 Å². The number of pyridine rings is 1. The molecule has 202 valence electrons. The lowest BCUT2D eigenvalue weighted by molar-refractivity contribution is 0.209. The Morgan fingerprint density at radius 3 is 2.21 bits per heavy atom. The summed E-state index contributed by atoms with van der Waals surface area (Å²) >= 11 is 6.01. The Morgan fingerprint density at radius 1 is 0.872 bits per heavy atom. The molecule has 1 heterocycles. The molecule has 0 unspecified atom stereocenters. The van der Waals surface area contributed by atoms with Gasteiger partial charge in [-0.05, 0) is 77.1 Å². The number of nitrogens with one attached hydrogen (secondary N) is 1. The summed E-state index contributed by atoms with van der Waals surface area (Å²) in [5.74, 6) is 1.96. The van der Waals surface area contributed by atoms with E-state index in [-0.39, 0.29) is 17.9 Å². The van der Waals surface area contributed by atoms with Crippen molar-refractivity contribution >= 4 is 23.3 Å². The van der Waals surface area contributed by atoms with Crippen LogP contribution in [0.15, 0.2) is 91.1 Å². The van der Waals surface area contributed by atoms with E-state index in [2.05, 4.69) is 56.2 Å². The van der Waals surface area contributed by atoms with Gasteiger partial charge in [0.2, 0.25) is 0 Å². The number of carbonyl (C=O) groups is 1. The summed E-state index contributed by atoms with van der Waals surface area (Å²) in [5.41, 5.74) is 5.10. The van der Waals surface area contributed by atoms with Crippen LogP contribution in [0.25, 0.3) is 0 Å². The molecule has 2 amide bonds. The monoisotopic (exact) mass is 541 g/mol. The molecule has 0 atom stereocenters. The topological polar surface area (TPSA) is 54.5 Å². The number of carbonyl (C=O) groups excluding carboxylic acids is 1. The number of urea groups is 1. The standard InChI is InChI=1S/C33H36ClN3O2/c1-23(2)30-12-8-13-31(24(3)4)32(30)36-33(38)37(20-18-27-10-5-6-19-35-27)22-25-9-7-11-29(21-25)39-28-16-14-26(34)15-17-28/h5-17,19,21,23-24H,18,20,22H2,1-4H3,(H,36,38). The molecule has 1 aromatic heterocycles. The fourth-order valence-electron chi connectivity index (χ4n) is 4.50. The molecule has 0 aliphatic heterocycles. The van der Waals surface area contributed by atoms with Crippen molar-refractivity contribution in [1.29, 1.82) is 0 Å². The lowest BCUT2D eigenvalue weighted by Gasteiger charge is -2.26. The van der Waals surface area contributed by atoms with Gasteiger partial charge < -0.3 is 15.0 Å². The van der Waals surface area contributed by atoms with Crippen LogP contribution in [0.5, 0.6) is 11.5 Å². The summed E-state index contributed by atoms with van der Waals surface area (Å²) in [6.45, 7) is 9.56. The zero-order chi connectivity index (χ0) is 27.8. The highest BCUT2D eigenvalue weighted by Crippen LogP contribution is 2.33. The maximum absolute atomic E-state index is 13.8. The van der Waals surface area contributed by atoms with Crippen molar-refractivity contribution in [3.05, 3.63) is 119 Å². The van der Waals surface area contributed by atoms with Crippen molar-refractivity contribution in [2.24, 2.45) is 0 Å². The zero-order valence-corrected chi connectivity index (χ0v) is 23.8. The van der Waals surface area contributed by atoms with Crippen LogP contribution in [0.3, 0.4) is 0 Å². The van der Waals surface area contributed by atoms with E-state index in [0.29, 0.717) is 36.0 Å². The highest BCUT2D eigenvalue weighted by molar-refractivity contribution is 6.30. The smallest absolute Gasteiger partial charge is 0.322 e. The number of ether oxygens (including phenoxy) is 1. The maximum atomic E-state index is 13.8. The van der Waals surface area contributed by atoms with Gasteiger partial charge in [0, 0.05) is 42.1 Å². The number of hydrogen-bond donors (Lipinski definition) is 1. The normalized spacial score (nSPS) is 11.1. The first kappa shape index (κ1) is 28.2. The SMILES string of the molecule is CC(C)c1cccc(C(C)C)c1NC(=O)N(CCc1ccccn1)Cc1cccc(Oc2ccc(Cl)cc2)c1. The Bertz CT molecular complexity index is 1350. The Kier molecular flexibility index (Phi) is 9.61. The van der Waals surface area contributed by atoms with Crippen LogP contribution in [0.1, 0.15) is 61.9 Å². The number of halogens is 1. The van der Waals surface area contributed by atoms with Crippen LogP contribution in [0, 0.1) is 0 Å². The molecule has 0 radical (unpaired) electrons. The van der Waals surface area contributed by atoms with E-state index in [4.69, 9.17) is 16.3 Å². The predicted molar refractivity (Wildman–Crippen MR) is 160 cm³/mol. The van der Waals surface area contributed by atoms with Gasteiger partial charge in [0.25, 0.3) is 0 Å². The minimum Gasteiger partial charge on any atom is -0.457 e. The highest BCUT2D eigenvalue weighted by atomic mass is 35.5. The van der Waals surface area contributed by atoms with Gasteiger partial charge in [-0.15, -0.1) is 0 Å². The van der Waals surface area contributed by atoms with E-state index in [9.17, 15) is 4.79 Å². The molecule has 5 nitrogen and oxygen atoms in total. The Labute approximate surface area is 236 Å². The molecule has 0 saturated heterocycles. The average molecular weight is 542 g/mol. The van der Waals surface area contributed by atoms with E-state index < -0.39 is 0 Å². The van der Waals surface area contributed by atoms with Crippen LogP contribution in [0.2, 0.25) is 5.02 Å². The van der Waals surface area contributed by atoms with Crippen LogP contribution in [-0.2, 0) is 13.0 Å². The fourth-order valence-corrected chi connectivity index (χ4v) is 4.62. The molecule has 0 aliphatic rings. The fraction of sp³-hybridized carbons (Fsp3) is 0.273. The van der Waals surface area contributed by atoms with Gasteiger partial charge in [0.1, 0.15) is 11.5 Å². The molecule has 39 heavy (non-hydrogen) atoms. The first-order chi connectivity index (χ1) is 18.8. The second-order valence-corrected chi connectivity index (χ2v) is 10.7. The molecule has 6 heteroatoms. The molecular weight excluding hydrogens is 506 g/mol. The third-order valence-corrected chi connectivity index (χ3v) is 6.83. The molecule has 0 spiro atoms. The number of benzene rings is 3. The van der Waals surface area contributed by atoms with Crippen molar-refractivity contribution < 1.29 is 9.53 Å². The van der Waals surface area contributed by atoms with Crippen molar-refractivity contribution in [2.75, 3.05) is 11.9 Å². The summed E-state index contributed by atoms with van der Waals surface area (Å²) in [6, 6.07) is 27.1. The van der Waals surface area contributed by atoms with E-state index in [1.807, 2.05) is 59.5 Å². The first-order valence-corrected chi connectivity index (χ1v) is 13.8. The van der Waals surface area contributed by atoms with E-state index >= 15 is 0 Å². The average Bonchev–Trinajstić information content (AvgIpc) is 2.93. The van der Waals surface area contributed by atoms with Gasteiger partial charge in [-0.1, -0.05) is 75.7 Å². The number of rotatable bonds is 10. The zero-order valence-electron chi connectivity index (χ0n) is 23.0. The van der Waals surface area contributed by atoms with E-state index in [1.54, 1.807) is 18.3 Å². The molecule has 0 fully saturated rings. The third-order valence-electron chi connectivity index (χ3n) is 6.58. The number of aromatic nitrogens is 1. The van der Waals surface area contributed by atoms with Crippen LogP contribution in [0.4, 0.5) is 10.5 Å². The molecule has 3 aromatic carbocycles. The van der Waals surface area contributed by atoms with Gasteiger partial charge in [-0.2, -0.15) is 0 Å². The number of para-hydroxylation sites is 1. The van der Waals surface area contributed by atoms with Crippen molar-refractivity contribution in [2.45, 2.75) is 52.5 Å². The lowest BCUT2D eigenvalue weighted by atomic mass is 9.93. The first-order valence-electron chi connectivity index (χ1n) is 13.4. The van der Waals surface area contributed by atoms with E-state index in [0.717, 1.165) is 28.1 Å². The van der Waals surface area contributed by atoms with Crippen LogP contribution >= 0.6 is 11.6 Å². The van der Waals surface area contributed by atoms with Crippen molar-refractivity contribution in [1.82, 2.24) is 9.88 Å². The number of amides is 2. The van der Waals surface area contributed by atoms with Gasteiger partial charge in [0.15, 0.2) is 0 Å². The number of anilines is 1. The van der Waals surface area contributed by atoms with Crippen molar-refractivity contribution in [3.8, 4) is 11.5 Å². The summed E-state index contributed by atoms with van der Waals surface area (Å²) in [7, 11) is 0. The predicted octanol–water partition coefficient (Wildman–Crippen LogP) is 9.05. The summed E-state index contributed by atoms with van der Waals surface area (Å²) in [4.78, 5) is 20.1. The maximum Gasteiger partial charge on any atom is 0.322 e. The number of hydrogen-bond acceptors (Lipinski definition) is 3. The molecule has 0 aliphatic carbocycles. The Morgan fingerprint density at radius 2 is 1.56 bits per heavy atom. The lowest BCUT2D eigenvalue weighted by Crippen LogP contribution is -2.36. The van der Waals surface area contributed by atoms with Crippen LogP contribution in [-0.4, -0.2) is 22.5 Å². The highest BCUT2D eigenvalue weighted by Gasteiger charge is 2.20. The molecular formula is C33H36ClN3O2. The summed E-state index contributed by atoms with van der Waals surface area (Å²) in [6.07, 6.45) is 2.43. The van der Waals surface area contributed by atoms with Crippen LogP contribution < -0.4 is 10.1 Å². The Hall–Kier alpha value is -3.83. The Balaban J connectivity index is 1.58. The molecule has 0 saturated carbocycles. The number of nitrogens with zero attached hydrogens (tertiary/aromatic N) is 2. The second kappa shape index (κ2) is 13.3. The summed E-state index contributed by atoms with van der Waals surface area (Å²) < 4.78 is 6.04. The largest absolute Gasteiger partial charge is 0.457 e. The van der Waals surface area contributed by atoms with Gasteiger partial charge in [-0.25, -0.2) is 4.79 Å². The van der Waals surface area contributed by atoms with Gasteiger partial charge in [-0.3, -0.25) is 4.98 Å². The molecule has 4 rings (SSSR count). The second-order valence-electron chi connectivity index (χ2n) is 10.2. The molecule has 4 aromatic rings. The summed E-state index contributed by atoms with van der Waals surface area (Å²) in [5, 5.41) is 3.94.